The van der Waals surface area contributed by atoms with Crippen LogP contribution >= 0.6 is 0 Å². The molecule has 0 saturated heterocycles. The number of aliphatic hydroxyl groups is 1. The predicted molar refractivity (Wildman–Crippen MR) is 99.3 cm³/mol. The van der Waals surface area contributed by atoms with Crippen molar-refractivity contribution >= 4 is 17.6 Å². The quantitative estimate of drug-likeness (QED) is 0.703. The zero-order valence-electron chi connectivity index (χ0n) is 16.2. The third kappa shape index (κ3) is 3.95. The van der Waals surface area contributed by atoms with Crippen molar-refractivity contribution in [1.29, 1.82) is 0 Å². The van der Waals surface area contributed by atoms with Gasteiger partial charge in [-0.25, -0.2) is 0 Å². The molecule has 29 heavy (non-hydrogen) atoms. The number of hydrogen-bond acceptors (Lipinski definition) is 5. The summed E-state index contributed by atoms with van der Waals surface area (Å²) in [6, 6.07) is 5.82. The first-order chi connectivity index (χ1) is 13.7. The molecule has 2 unspecified atom stereocenters. The summed E-state index contributed by atoms with van der Waals surface area (Å²) >= 11 is 0. The summed E-state index contributed by atoms with van der Waals surface area (Å²) in [5.41, 5.74) is -1.46. The Bertz CT molecular complexity index is 800. The van der Waals surface area contributed by atoms with Gasteiger partial charge in [0.2, 0.25) is 0 Å². The molecule has 2 N–H and O–H groups in total. The molecule has 1 amide bonds. The summed E-state index contributed by atoms with van der Waals surface area (Å²) in [5, 5.41) is 13.3. The number of halogens is 2. The average molecular weight is 409 g/mol. The Labute approximate surface area is 167 Å². The number of amides is 1. The molecule has 0 aliphatic heterocycles. The van der Waals surface area contributed by atoms with Crippen LogP contribution in [0.4, 0.5) is 14.5 Å². The first kappa shape index (κ1) is 20.1. The third-order valence-corrected chi connectivity index (χ3v) is 6.48. The second-order valence-electron chi connectivity index (χ2n) is 8.88. The van der Waals surface area contributed by atoms with E-state index in [1.807, 2.05) is 0 Å². The normalized spacial score (nSPS) is 33.4. The smallest absolute Gasteiger partial charge is 0.387 e. The number of benzene rings is 1. The number of carbonyl (C=O) groups excluding carboxylic acids is 2. The minimum atomic E-state index is -3.02. The molecule has 8 heteroatoms. The molecule has 0 spiro atoms. The molecule has 4 saturated carbocycles. The van der Waals surface area contributed by atoms with Crippen molar-refractivity contribution in [2.24, 2.45) is 17.3 Å². The lowest BCUT2D eigenvalue weighted by Gasteiger charge is -2.58. The number of para-hydroxylation sites is 2. The largest absolute Gasteiger partial charge is 0.452 e. The predicted octanol–water partition coefficient (Wildman–Crippen LogP) is 3.49. The Kier molecular flexibility index (Phi) is 5.01. The Morgan fingerprint density at radius 1 is 1.17 bits per heavy atom. The summed E-state index contributed by atoms with van der Waals surface area (Å²) in [7, 11) is 0. The molecular weight excluding hydrogens is 384 g/mol. The summed E-state index contributed by atoms with van der Waals surface area (Å²) in [4.78, 5) is 25.5. The van der Waals surface area contributed by atoms with E-state index >= 15 is 0 Å². The highest BCUT2D eigenvalue weighted by Crippen LogP contribution is 2.62. The Balaban J connectivity index is 1.41. The monoisotopic (exact) mass is 409 g/mol. The van der Waals surface area contributed by atoms with Crippen molar-refractivity contribution in [3.8, 4) is 5.75 Å². The Hall–Kier alpha value is -2.22. The third-order valence-electron chi connectivity index (χ3n) is 6.48. The molecule has 158 valence electrons. The van der Waals surface area contributed by atoms with E-state index in [9.17, 15) is 23.5 Å². The van der Waals surface area contributed by atoms with Crippen LogP contribution in [0.2, 0.25) is 0 Å². The van der Waals surface area contributed by atoms with E-state index in [0.717, 1.165) is 19.3 Å². The van der Waals surface area contributed by atoms with Crippen LogP contribution in [0.25, 0.3) is 0 Å². The first-order valence-electron chi connectivity index (χ1n) is 9.96. The zero-order chi connectivity index (χ0) is 20.8. The number of alkyl halides is 2. The molecule has 4 bridgehead atoms. The van der Waals surface area contributed by atoms with Crippen LogP contribution in [0, 0.1) is 17.3 Å². The van der Waals surface area contributed by atoms with Crippen LogP contribution in [-0.2, 0) is 14.3 Å². The van der Waals surface area contributed by atoms with Gasteiger partial charge in [0.05, 0.1) is 16.7 Å². The van der Waals surface area contributed by atoms with Crippen molar-refractivity contribution in [1.82, 2.24) is 0 Å². The molecule has 4 aliphatic carbocycles. The maximum Gasteiger partial charge on any atom is 0.387 e. The van der Waals surface area contributed by atoms with Crippen LogP contribution < -0.4 is 10.1 Å². The molecule has 5 rings (SSSR count). The van der Waals surface area contributed by atoms with Gasteiger partial charge < -0.3 is 19.9 Å². The summed E-state index contributed by atoms with van der Waals surface area (Å²) in [6.45, 7) is -1.58. The number of hydrogen-bond donors (Lipinski definition) is 2. The maximum atomic E-state index is 13.0. The maximum absolute atomic E-state index is 13.0. The lowest BCUT2D eigenvalue weighted by Crippen LogP contribution is -2.59. The van der Waals surface area contributed by atoms with Gasteiger partial charge in [0.25, 0.3) is 5.91 Å². The van der Waals surface area contributed by atoms with Crippen molar-refractivity contribution in [2.45, 2.75) is 63.8 Å². The standard InChI is InChI=1S/C21H25F2NO5/c1-12(17(25)24-15-4-2-3-5-16(15)29-19(22)23)28-18(26)20-7-13-6-14(8-20)10-21(27,9-13)11-20/h2-5,12-14,19,27H,6-11H2,1H3,(H,24,25)/t12-,13-,14+,20?,21?/m0/s1. The summed E-state index contributed by atoms with van der Waals surface area (Å²) < 4.78 is 35.0. The van der Waals surface area contributed by atoms with E-state index in [-0.39, 0.29) is 11.4 Å². The minimum Gasteiger partial charge on any atom is -0.452 e. The van der Waals surface area contributed by atoms with Crippen LogP contribution in [0.15, 0.2) is 24.3 Å². The van der Waals surface area contributed by atoms with Gasteiger partial charge in [0, 0.05) is 0 Å². The van der Waals surface area contributed by atoms with E-state index in [1.165, 1.54) is 25.1 Å². The molecule has 1 aromatic carbocycles. The fraction of sp³-hybridized carbons (Fsp3) is 0.619. The van der Waals surface area contributed by atoms with E-state index in [4.69, 9.17) is 4.74 Å². The first-order valence-corrected chi connectivity index (χ1v) is 9.96. The van der Waals surface area contributed by atoms with E-state index < -0.39 is 35.6 Å². The van der Waals surface area contributed by atoms with Crippen molar-refractivity contribution in [2.75, 3.05) is 5.32 Å². The topological polar surface area (TPSA) is 84.9 Å². The van der Waals surface area contributed by atoms with E-state index in [0.29, 0.717) is 31.1 Å². The van der Waals surface area contributed by atoms with Gasteiger partial charge >= 0.3 is 12.6 Å². The number of anilines is 1. The van der Waals surface area contributed by atoms with Gasteiger partial charge in [-0.1, -0.05) is 12.1 Å². The van der Waals surface area contributed by atoms with Gasteiger partial charge in [0.1, 0.15) is 5.75 Å². The molecule has 0 aromatic heterocycles. The fourth-order valence-corrected chi connectivity index (χ4v) is 5.80. The number of rotatable bonds is 6. The average Bonchev–Trinajstić information content (AvgIpc) is 2.60. The molecule has 0 heterocycles. The van der Waals surface area contributed by atoms with Gasteiger partial charge in [-0.3, -0.25) is 9.59 Å². The van der Waals surface area contributed by atoms with Gasteiger partial charge in [-0.15, -0.1) is 0 Å². The van der Waals surface area contributed by atoms with Crippen LogP contribution in [0.5, 0.6) is 5.75 Å². The van der Waals surface area contributed by atoms with Crippen molar-refractivity contribution in [3.05, 3.63) is 24.3 Å². The molecule has 4 aliphatic rings. The molecular formula is C21H25F2NO5. The van der Waals surface area contributed by atoms with Crippen LogP contribution in [0.3, 0.4) is 0 Å². The second-order valence-corrected chi connectivity index (χ2v) is 8.88. The van der Waals surface area contributed by atoms with E-state index in [2.05, 4.69) is 10.1 Å². The SMILES string of the molecule is C[C@H](OC(=O)C12C[C@@H]3C[C@@H](CC(O)(C3)C1)C2)C(=O)Nc1ccccc1OC(F)F. The number of esters is 1. The molecule has 0 radical (unpaired) electrons. The van der Waals surface area contributed by atoms with Crippen LogP contribution in [0.1, 0.15) is 45.4 Å². The minimum absolute atomic E-state index is 0.0739. The fourth-order valence-electron chi connectivity index (χ4n) is 5.80. The Morgan fingerprint density at radius 2 is 1.83 bits per heavy atom. The number of ether oxygens (including phenoxy) is 2. The van der Waals surface area contributed by atoms with Crippen molar-refractivity contribution < 1.29 is 33.0 Å². The summed E-state index contributed by atoms with van der Waals surface area (Å²) in [5.74, 6) is -0.623. The van der Waals surface area contributed by atoms with Crippen LogP contribution in [-0.4, -0.2) is 35.3 Å². The molecule has 5 atom stereocenters. The summed E-state index contributed by atoms with van der Waals surface area (Å²) in [6.07, 6.45) is 3.14. The molecule has 6 nitrogen and oxygen atoms in total. The highest BCUT2D eigenvalue weighted by Gasteiger charge is 2.61. The lowest BCUT2D eigenvalue weighted by molar-refractivity contribution is -0.199. The van der Waals surface area contributed by atoms with Gasteiger partial charge in [-0.2, -0.15) is 8.78 Å². The van der Waals surface area contributed by atoms with E-state index in [1.54, 1.807) is 6.07 Å². The number of nitrogens with one attached hydrogen (secondary N) is 1. The highest BCUT2D eigenvalue weighted by atomic mass is 19.3. The Morgan fingerprint density at radius 3 is 2.45 bits per heavy atom. The second kappa shape index (κ2) is 7.23. The highest BCUT2D eigenvalue weighted by molar-refractivity contribution is 5.96. The van der Waals surface area contributed by atoms with Gasteiger partial charge in [-0.05, 0) is 69.4 Å². The van der Waals surface area contributed by atoms with Gasteiger partial charge in [0.15, 0.2) is 6.10 Å². The molecule has 1 aromatic rings. The van der Waals surface area contributed by atoms with Crippen molar-refractivity contribution in [3.63, 3.8) is 0 Å². The lowest BCUT2D eigenvalue weighted by atomic mass is 9.48. The molecule has 4 fully saturated rings. The number of carbonyl (C=O) groups is 2. The zero-order valence-corrected chi connectivity index (χ0v) is 16.2.